The van der Waals surface area contributed by atoms with Crippen molar-refractivity contribution in [2.75, 3.05) is 26.3 Å². The van der Waals surface area contributed by atoms with Gasteiger partial charge in [0, 0.05) is 18.5 Å². The maximum Gasteiger partial charge on any atom is 0.272 e. The van der Waals surface area contributed by atoms with Gasteiger partial charge in [0.05, 0.1) is 18.7 Å². The zero-order valence-electron chi connectivity index (χ0n) is 13.6. The van der Waals surface area contributed by atoms with Crippen LogP contribution in [0.2, 0.25) is 0 Å². The van der Waals surface area contributed by atoms with Crippen LogP contribution in [0.25, 0.3) is 22.0 Å². The quantitative estimate of drug-likeness (QED) is 0.719. The molecule has 1 aliphatic heterocycles. The number of nitrogens with zero attached hydrogens (tertiary/aromatic N) is 2. The number of pyridine rings is 1. The molecule has 1 aromatic heterocycles. The highest BCUT2D eigenvalue weighted by Gasteiger charge is 2.21. The van der Waals surface area contributed by atoms with Gasteiger partial charge >= 0.3 is 0 Å². The van der Waals surface area contributed by atoms with E-state index in [0.29, 0.717) is 42.9 Å². The zero-order valence-corrected chi connectivity index (χ0v) is 13.6. The highest BCUT2D eigenvalue weighted by molar-refractivity contribution is 6.01. The summed E-state index contributed by atoms with van der Waals surface area (Å²) in [5.74, 6) is -0.439. The summed E-state index contributed by atoms with van der Waals surface area (Å²) in [7, 11) is 0. The first-order valence-electron chi connectivity index (χ1n) is 8.25. The molecule has 5 heteroatoms. The van der Waals surface area contributed by atoms with Gasteiger partial charge in [-0.3, -0.25) is 4.79 Å². The highest BCUT2D eigenvalue weighted by atomic mass is 19.1. The van der Waals surface area contributed by atoms with Crippen LogP contribution in [0.15, 0.2) is 54.6 Å². The molecular weight excluding hydrogens is 319 g/mol. The topological polar surface area (TPSA) is 42.4 Å². The predicted octanol–water partition coefficient (Wildman–Crippen LogP) is 3.51. The Morgan fingerprint density at radius 3 is 2.56 bits per heavy atom. The molecule has 126 valence electrons. The van der Waals surface area contributed by atoms with Gasteiger partial charge in [-0.25, -0.2) is 9.37 Å². The van der Waals surface area contributed by atoms with Crippen molar-refractivity contribution in [1.29, 1.82) is 0 Å². The molecule has 1 saturated heterocycles. The van der Waals surface area contributed by atoms with Gasteiger partial charge in [-0.15, -0.1) is 0 Å². The van der Waals surface area contributed by atoms with E-state index in [0.717, 1.165) is 11.1 Å². The van der Waals surface area contributed by atoms with Gasteiger partial charge in [-0.2, -0.15) is 0 Å². The van der Waals surface area contributed by atoms with Crippen molar-refractivity contribution in [3.63, 3.8) is 0 Å². The number of rotatable bonds is 2. The average molecular weight is 336 g/mol. The second kappa shape index (κ2) is 6.61. The minimum Gasteiger partial charge on any atom is -0.378 e. The van der Waals surface area contributed by atoms with E-state index in [1.165, 1.54) is 12.1 Å². The largest absolute Gasteiger partial charge is 0.378 e. The number of carbonyl (C=O) groups excluding carboxylic acids is 1. The van der Waals surface area contributed by atoms with Crippen molar-refractivity contribution in [2.45, 2.75) is 0 Å². The van der Waals surface area contributed by atoms with Gasteiger partial charge in [0.25, 0.3) is 5.91 Å². The third kappa shape index (κ3) is 3.10. The Bertz CT molecular complexity index is 922. The van der Waals surface area contributed by atoms with Gasteiger partial charge in [0.2, 0.25) is 0 Å². The van der Waals surface area contributed by atoms with Crippen LogP contribution in [-0.4, -0.2) is 42.1 Å². The molecule has 0 radical (unpaired) electrons. The van der Waals surface area contributed by atoms with E-state index >= 15 is 0 Å². The van der Waals surface area contributed by atoms with Crippen LogP contribution in [0, 0.1) is 5.82 Å². The molecule has 0 bridgehead atoms. The molecule has 0 aliphatic carbocycles. The summed E-state index contributed by atoms with van der Waals surface area (Å²) in [6.07, 6.45) is 0. The van der Waals surface area contributed by atoms with E-state index in [1.807, 2.05) is 30.3 Å². The number of benzene rings is 2. The second-order valence-corrected chi connectivity index (χ2v) is 5.99. The summed E-state index contributed by atoms with van der Waals surface area (Å²) >= 11 is 0. The van der Waals surface area contributed by atoms with Gasteiger partial charge in [-0.05, 0) is 35.4 Å². The monoisotopic (exact) mass is 336 g/mol. The smallest absolute Gasteiger partial charge is 0.272 e. The van der Waals surface area contributed by atoms with Crippen molar-refractivity contribution < 1.29 is 13.9 Å². The Labute approximate surface area is 144 Å². The normalized spacial score (nSPS) is 14.7. The fourth-order valence-electron chi connectivity index (χ4n) is 3.09. The Balaban J connectivity index is 1.86. The van der Waals surface area contributed by atoms with Gasteiger partial charge in [0.1, 0.15) is 11.5 Å². The molecule has 0 saturated carbocycles. The molecule has 3 aromatic rings. The number of hydrogen-bond donors (Lipinski definition) is 0. The first-order chi connectivity index (χ1) is 12.2. The zero-order chi connectivity index (χ0) is 17.2. The van der Waals surface area contributed by atoms with Crippen molar-refractivity contribution >= 4 is 16.8 Å². The van der Waals surface area contributed by atoms with Crippen molar-refractivity contribution in [3.8, 4) is 11.1 Å². The first-order valence-corrected chi connectivity index (χ1v) is 8.25. The van der Waals surface area contributed by atoms with Crippen LogP contribution in [0.5, 0.6) is 0 Å². The van der Waals surface area contributed by atoms with E-state index in [2.05, 4.69) is 4.98 Å². The molecule has 4 rings (SSSR count). The number of carbonyl (C=O) groups is 1. The molecular formula is C20H17FN2O2. The third-order valence-electron chi connectivity index (χ3n) is 4.37. The minimum absolute atomic E-state index is 0.119. The van der Waals surface area contributed by atoms with Crippen LogP contribution in [-0.2, 0) is 4.74 Å². The molecule has 25 heavy (non-hydrogen) atoms. The lowest BCUT2D eigenvalue weighted by atomic mass is 9.99. The van der Waals surface area contributed by atoms with Gasteiger partial charge in [0.15, 0.2) is 0 Å². The van der Waals surface area contributed by atoms with Crippen LogP contribution in [0.3, 0.4) is 0 Å². The molecule has 4 nitrogen and oxygen atoms in total. The molecule has 0 unspecified atom stereocenters. The highest BCUT2D eigenvalue weighted by Crippen LogP contribution is 2.29. The standard InChI is InChI=1S/C20H17FN2O2/c21-15-6-7-18-17(12-15)16(14-4-2-1-3-5-14)13-19(22-18)20(24)23-8-10-25-11-9-23/h1-7,12-13H,8-11H2. The molecule has 0 atom stereocenters. The minimum atomic E-state index is -0.321. The van der Waals surface area contributed by atoms with Crippen molar-refractivity contribution in [2.24, 2.45) is 0 Å². The van der Waals surface area contributed by atoms with E-state index in [-0.39, 0.29) is 11.7 Å². The molecule has 2 aromatic carbocycles. The van der Waals surface area contributed by atoms with Crippen LogP contribution < -0.4 is 0 Å². The molecule has 0 N–H and O–H groups in total. The number of amides is 1. The van der Waals surface area contributed by atoms with Gasteiger partial charge < -0.3 is 9.64 Å². The molecule has 0 spiro atoms. The van der Waals surface area contributed by atoms with Crippen LogP contribution in [0.1, 0.15) is 10.5 Å². The Morgan fingerprint density at radius 2 is 1.80 bits per heavy atom. The van der Waals surface area contributed by atoms with E-state index in [1.54, 1.807) is 17.0 Å². The summed E-state index contributed by atoms with van der Waals surface area (Å²) in [6.45, 7) is 2.19. The Morgan fingerprint density at radius 1 is 1.04 bits per heavy atom. The maximum absolute atomic E-state index is 13.8. The van der Waals surface area contributed by atoms with E-state index in [4.69, 9.17) is 4.74 Å². The molecule has 1 aliphatic rings. The summed E-state index contributed by atoms with van der Waals surface area (Å²) < 4.78 is 19.1. The second-order valence-electron chi connectivity index (χ2n) is 5.99. The van der Waals surface area contributed by atoms with E-state index in [9.17, 15) is 9.18 Å². The number of fused-ring (bicyclic) bond motifs is 1. The summed E-state index contributed by atoms with van der Waals surface area (Å²) in [6, 6.07) is 15.9. The maximum atomic E-state index is 13.8. The molecule has 2 heterocycles. The Hall–Kier alpha value is -2.79. The number of aromatic nitrogens is 1. The lowest BCUT2D eigenvalue weighted by Crippen LogP contribution is -2.41. The van der Waals surface area contributed by atoms with Crippen LogP contribution in [0.4, 0.5) is 4.39 Å². The lowest BCUT2D eigenvalue weighted by Gasteiger charge is -2.26. The molecule has 1 fully saturated rings. The number of hydrogen-bond acceptors (Lipinski definition) is 3. The predicted molar refractivity (Wildman–Crippen MR) is 93.9 cm³/mol. The van der Waals surface area contributed by atoms with E-state index < -0.39 is 0 Å². The summed E-state index contributed by atoms with van der Waals surface area (Å²) in [5, 5.41) is 0.699. The third-order valence-corrected chi connectivity index (χ3v) is 4.37. The summed E-state index contributed by atoms with van der Waals surface area (Å²) in [5.41, 5.74) is 2.72. The Kier molecular flexibility index (Phi) is 4.15. The van der Waals surface area contributed by atoms with Crippen molar-refractivity contribution in [3.05, 3.63) is 66.1 Å². The average Bonchev–Trinajstić information content (AvgIpc) is 2.68. The number of morpholine rings is 1. The SMILES string of the molecule is O=C(c1cc(-c2ccccc2)c2cc(F)ccc2n1)N1CCOCC1. The lowest BCUT2D eigenvalue weighted by molar-refractivity contribution is 0.0299. The van der Waals surface area contributed by atoms with Gasteiger partial charge in [-0.1, -0.05) is 30.3 Å². The fourth-order valence-corrected chi connectivity index (χ4v) is 3.09. The fraction of sp³-hybridized carbons (Fsp3) is 0.200. The number of halogens is 1. The molecule has 1 amide bonds. The number of ether oxygens (including phenoxy) is 1. The summed E-state index contributed by atoms with van der Waals surface area (Å²) in [4.78, 5) is 19.1. The first kappa shape index (κ1) is 15.7. The van der Waals surface area contributed by atoms with Crippen molar-refractivity contribution in [1.82, 2.24) is 9.88 Å². The van der Waals surface area contributed by atoms with Crippen LogP contribution >= 0.6 is 0 Å².